The lowest BCUT2D eigenvalue weighted by Gasteiger charge is -2.34. The fourth-order valence-corrected chi connectivity index (χ4v) is 4.11. The number of rotatable bonds is 9. The number of hydrogen-bond donors (Lipinski definition) is 1. The van der Waals surface area contributed by atoms with Crippen LogP contribution in [-0.2, 0) is 20.2 Å². The van der Waals surface area contributed by atoms with Crippen LogP contribution in [0.25, 0.3) is 0 Å². The highest BCUT2D eigenvalue weighted by atomic mass is 31.2. The molecule has 0 spiro atoms. The molecular weight excluding hydrogens is 343 g/mol. The van der Waals surface area contributed by atoms with E-state index in [0.29, 0.717) is 44.8 Å². The van der Waals surface area contributed by atoms with Gasteiger partial charge in [0.25, 0.3) is 0 Å². The molecule has 1 aromatic heterocycles. The lowest BCUT2D eigenvalue weighted by atomic mass is 10.1. The molecule has 0 amide bonds. The highest BCUT2D eigenvalue weighted by molar-refractivity contribution is 7.53. The van der Waals surface area contributed by atoms with Crippen LogP contribution >= 0.6 is 7.60 Å². The average molecular weight is 372 g/mol. The number of aryl methyl sites for hydroxylation is 1. The average Bonchev–Trinajstić information content (AvgIpc) is 2.53. The van der Waals surface area contributed by atoms with Gasteiger partial charge < -0.3 is 23.8 Å². The van der Waals surface area contributed by atoms with E-state index in [1.807, 2.05) is 34.6 Å². The maximum Gasteiger partial charge on any atom is 0.331 e. The molecule has 0 atom stereocenters. The summed E-state index contributed by atoms with van der Waals surface area (Å²) in [5, 5.41) is 3.26. The zero-order valence-corrected chi connectivity index (χ0v) is 16.7. The second-order valence-corrected chi connectivity index (χ2v) is 8.71. The molecule has 0 unspecified atom stereocenters. The molecule has 0 saturated heterocycles. The van der Waals surface area contributed by atoms with Crippen molar-refractivity contribution < 1.29 is 23.1 Å². The van der Waals surface area contributed by atoms with Gasteiger partial charge in [0, 0.05) is 24.8 Å². The van der Waals surface area contributed by atoms with Gasteiger partial charge in [-0.25, -0.2) is 0 Å². The molecule has 1 aliphatic rings. The molecule has 142 valence electrons. The molecule has 1 aliphatic heterocycles. The van der Waals surface area contributed by atoms with Gasteiger partial charge in [0.15, 0.2) is 11.5 Å². The first-order valence-corrected chi connectivity index (χ1v) is 10.4. The Bertz CT molecular complexity index is 626. The van der Waals surface area contributed by atoms with Crippen molar-refractivity contribution in [3.05, 3.63) is 17.5 Å². The number of pyridine rings is 1. The standard InChI is InChI=1S/C17H29N2O5P/c1-6-22-25(20,23-7-2)9-8-18-10-14-11-19-13(3)15-16(14)21-12-17(4,5)24-15/h11,18H,6-10,12H2,1-5H3. The Morgan fingerprint density at radius 2 is 1.96 bits per heavy atom. The molecule has 0 saturated carbocycles. The third kappa shape index (κ3) is 5.42. The number of fused-ring (bicyclic) bond motifs is 1. The van der Waals surface area contributed by atoms with Crippen LogP contribution in [0.3, 0.4) is 0 Å². The van der Waals surface area contributed by atoms with Gasteiger partial charge in [0.1, 0.15) is 12.2 Å². The first-order valence-electron chi connectivity index (χ1n) is 8.69. The monoisotopic (exact) mass is 372 g/mol. The summed E-state index contributed by atoms with van der Waals surface area (Å²) in [6.07, 6.45) is 2.11. The van der Waals surface area contributed by atoms with Gasteiger partial charge >= 0.3 is 7.60 Å². The lowest BCUT2D eigenvalue weighted by molar-refractivity contribution is 0.0191. The minimum Gasteiger partial charge on any atom is -0.485 e. The maximum absolute atomic E-state index is 12.4. The maximum atomic E-state index is 12.4. The van der Waals surface area contributed by atoms with Gasteiger partial charge in [-0.2, -0.15) is 0 Å². The Balaban J connectivity index is 1.97. The fraction of sp³-hybridized carbons (Fsp3) is 0.706. The van der Waals surface area contributed by atoms with E-state index in [-0.39, 0.29) is 5.60 Å². The van der Waals surface area contributed by atoms with Crippen LogP contribution in [0.4, 0.5) is 0 Å². The van der Waals surface area contributed by atoms with E-state index in [4.69, 9.17) is 18.5 Å². The summed E-state index contributed by atoms with van der Waals surface area (Å²) in [6.45, 7) is 11.8. The summed E-state index contributed by atoms with van der Waals surface area (Å²) < 4.78 is 34.9. The molecule has 7 nitrogen and oxygen atoms in total. The van der Waals surface area contributed by atoms with Gasteiger partial charge in [0.2, 0.25) is 0 Å². The molecule has 2 rings (SSSR count). The van der Waals surface area contributed by atoms with E-state index in [1.54, 1.807) is 6.20 Å². The lowest BCUT2D eigenvalue weighted by Crippen LogP contribution is -2.39. The SMILES string of the molecule is CCOP(=O)(CCNCc1cnc(C)c2c1OCC(C)(C)O2)OCC. The van der Waals surface area contributed by atoms with Crippen LogP contribution in [0.5, 0.6) is 11.5 Å². The Kier molecular flexibility index (Phi) is 6.86. The van der Waals surface area contributed by atoms with Crippen molar-refractivity contribution in [2.45, 2.75) is 46.8 Å². The summed E-state index contributed by atoms with van der Waals surface area (Å²) >= 11 is 0. The van der Waals surface area contributed by atoms with Crippen molar-refractivity contribution in [2.24, 2.45) is 0 Å². The third-order valence-corrected chi connectivity index (χ3v) is 5.79. The zero-order chi connectivity index (χ0) is 18.5. The van der Waals surface area contributed by atoms with Crippen LogP contribution in [0.2, 0.25) is 0 Å². The molecule has 0 aromatic carbocycles. The van der Waals surface area contributed by atoms with E-state index in [0.717, 1.165) is 17.0 Å². The first kappa shape index (κ1) is 20.2. The quantitative estimate of drug-likeness (QED) is 0.526. The van der Waals surface area contributed by atoms with Crippen LogP contribution in [-0.4, -0.2) is 43.1 Å². The van der Waals surface area contributed by atoms with E-state index in [9.17, 15) is 4.57 Å². The van der Waals surface area contributed by atoms with Crippen LogP contribution in [0.1, 0.15) is 39.0 Å². The van der Waals surface area contributed by atoms with Crippen molar-refractivity contribution in [1.82, 2.24) is 10.3 Å². The summed E-state index contributed by atoms with van der Waals surface area (Å²) in [6, 6.07) is 0. The summed E-state index contributed by atoms with van der Waals surface area (Å²) in [4.78, 5) is 4.40. The molecule has 0 radical (unpaired) electrons. The number of aromatic nitrogens is 1. The van der Waals surface area contributed by atoms with E-state index in [1.165, 1.54) is 0 Å². The molecule has 0 aliphatic carbocycles. The molecule has 0 fully saturated rings. The summed E-state index contributed by atoms with van der Waals surface area (Å²) in [7, 11) is -3.02. The Morgan fingerprint density at radius 1 is 1.28 bits per heavy atom. The molecule has 1 aromatic rings. The van der Waals surface area contributed by atoms with E-state index < -0.39 is 7.60 Å². The van der Waals surface area contributed by atoms with Crippen molar-refractivity contribution in [1.29, 1.82) is 0 Å². The van der Waals surface area contributed by atoms with Crippen molar-refractivity contribution in [3.63, 3.8) is 0 Å². The molecule has 0 bridgehead atoms. The van der Waals surface area contributed by atoms with Crippen LogP contribution < -0.4 is 14.8 Å². The van der Waals surface area contributed by atoms with Gasteiger partial charge in [-0.1, -0.05) is 0 Å². The Labute approximate surface area is 149 Å². The normalized spacial score (nSPS) is 16.0. The predicted octanol–water partition coefficient (Wildman–Crippen LogP) is 3.30. The third-order valence-electron chi connectivity index (χ3n) is 3.71. The van der Waals surface area contributed by atoms with Crippen LogP contribution in [0.15, 0.2) is 6.20 Å². The van der Waals surface area contributed by atoms with Gasteiger partial charge in [-0.05, 0) is 34.6 Å². The molecule has 8 heteroatoms. The van der Waals surface area contributed by atoms with E-state index >= 15 is 0 Å². The van der Waals surface area contributed by atoms with Crippen molar-refractivity contribution >= 4 is 7.60 Å². The predicted molar refractivity (Wildman–Crippen MR) is 96.6 cm³/mol. The topological polar surface area (TPSA) is 78.9 Å². The first-order chi connectivity index (χ1) is 11.8. The van der Waals surface area contributed by atoms with Gasteiger partial charge in [-0.3, -0.25) is 9.55 Å². The van der Waals surface area contributed by atoms with Gasteiger partial charge in [0.05, 0.1) is 25.1 Å². The number of nitrogens with one attached hydrogen (secondary N) is 1. The molecule has 1 N–H and O–H groups in total. The van der Waals surface area contributed by atoms with Crippen LogP contribution in [0, 0.1) is 6.92 Å². The highest BCUT2D eigenvalue weighted by Gasteiger charge is 2.31. The molecular formula is C17H29N2O5P. The molecule has 2 heterocycles. The van der Waals surface area contributed by atoms with Crippen molar-refractivity contribution in [3.8, 4) is 11.5 Å². The molecule has 25 heavy (non-hydrogen) atoms. The minimum atomic E-state index is -3.02. The Hall–Kier alpha value is -1.14. The van der Waals surface area contributed by atoms with E-state index in [2.05, 4.69) is 10.3 Å². The number of ether oxygens (including phenoxy) is 2. The smallest absolute Gasteiger partial charge is 0.331 e. The highest BCUT2D eigenvalue weighted by Crippen LogP contribution is 2.47. The minimum absolute atomic E-state index is 0.320. The van der Waals surface area contributed by atoms with Gasteiger partial charge in [-0.15, -0.1) is 0 Å². The summed E-state index contributed by atoms with van der Waals surface area (Å²) in [5.74, 6) is 1.43. The summed E-state index contributed by atoms with van der Waals surface area (Å²) in [5.41, 5.74) is 1.36. The second-order valence-electron chi connectivity index (χ2n) is 6.52. The van der Waals surface area contributed by atoms with Crippen molar-refractivity contribution in [2.75, 3.05) is 32.5 Å². The number of hydrogen-bond acceptors (Lipinski definition) is 7. The number of nitrogens with zero attached hydrogens (tertiary/aromatic N) is 1. The second kappa shape index (κ2) is 8.49. The fourth-order valence-electron chi connectivity index (χ4n) is 2.56. The zero-order valence-electron chi connectivity index (χ0n) is 15.8. The Morgan fingerprint density at radius 3 is 2.60 bits per heavy atom. The largest absolute Gasteiger partial charge is 0.485 e.